The summed E-state index contributed by atoms with van der Waals surface area (Å²) >= 11 is 0. The smallest absolute Gasteiger partial charge is 0.225 e. The van der Waals surface area contributed by atoms with Crippen molar-refractivity contribution in [2.45, 2.75) is 40.0 Å². The highest BCUT2D eigenvalue weighted by Crippen LogP contribution is 2.26. The second kappa shape index (κ2) is 6.52. The van der Waals surface area contributed by atoms with Gasteiger partial charge in [-0.3, -0.25) is 4.79 Å². The van der Waals surface area contributed by atoms with Crippen LogP contribution in [0.25, 0.3) is 0 Å². The summed E-state index contributed by atoms with van der Waals surface area (Å²) in [5, 5.41) is 12.2. The Balaban J connectivity index is 2.54. The second-order valence-corrected chi connectivity index (χ2v) is 5.57. The van der Waals surface area contributed by atoms with Crippen molar-refractivity contribution >= 4 is 11.7 Å². The number of anilines is 1. The highest BCUT2D eigenvalue weighted by atomic mass is 16.3. The standard InChI is InChI=1S/C14H23N3O2/c1-10-4-5-11(18)13(16-10)17-12(19)6-7-14(2,3)8-9-15/h4-5,18H,6-9,15H2,1-3H3,(H,16,17,19). The van der Waals surface area contributed by atoms with Crippen LogP contribution in [0.4, 0.5) is 5.82 Å². The lowest BCUT2D eigenvalue weighted by Gasteiger charge is -2.23. The van der Waals surface area contributed by atoms with E-state index in [4.69, 9.17) is 5.73 Å². The molecule has 1 amide bonds. The fourth-order valence-corrected chi connectivity index (χ4v) is 1.80. The molecule has 5 nitrogen and oxygen atoms in total. The van der Waals surface area contributed by atoms with Crippen LogP contribution in [0.3, 0.4) is 0 Å². The molecule has 1 aromatic heterocycles. The van der Waals surface area contributed by atoms with E-state index < -0.39 is 0 Å². The van der Waals surface area contributed by atoms with Crippen LogP contribution < -0.4 is 11.1 Å². The van der Waals surface area contributed by atoms with Crippen molar-refractivity contribution < 1.29 is 9.90 Å². The van der Waals surface area contributed by atoms with Gasteiger partial charge in [-0.05, 0) is 43.9 Å². The van der Waals surface area contributed by atoms with Gasteiger partial charge >= 0.3 is 0 Å². The number of hydrogen-bond donors (Lipinski definition) is 3. The molecule has 0 unspecified atom stereocenters. The Morgan fingerprint density at radius 1 is 1.42 bits per heavy atom. The predicted molar refractivity (Wildman–Crippen MR) is 76.0 cm³/mol. The van der Waals surface area contributed by atoms with Crippen molar-refractivity contribution in [3.05, 3.63) is 17.8 Å². The molecule has 1 aromatic rings. The lowest BCUT2D eigenvalue weighted by atomic mass is 9.84. The van der Waals surface area contributed by atoms with Crippen LogP contribution in [0.2, 0.25) is 0 Å². The van der Waals surface area contributed by atoms with E-state index in [1.807, 2.05) is 0 Å². The first-order valence-corrected chi connectivity index (χ1v) is 6.50. The number of amides is 1. The third kappa shape index (κ3) is 5.26. The number of aryl methyl sites for hydroxylation is 1. The summed E-state index contributed by atoms with van der Waals surface area (Å²) in [5.41, 5.74) is 6.33. The maximum Gasteiger partial charge on any atom is 0.225 e. The second-order valence-electron chi connectivity index (χ2n) is 5.57. The maximum atomic E-state index is 11.8. The van der Waals surface area contributed by atoms with Gasteiger partial charge in [-0.1, -0.05) is 13.8 Å². The molecule has 0 fully saturated rings. The third-order valence-corrected chi connectivity index (χ3v) is 3.12. The average molecular weight is 265 g/mol. The molecule has 0 spiro atoms. The molecule has 0 radical (unpaired) electrons. The molecule has 0 aliphatic heterocycles. The van der Waals surface area contributed by atoms with Crippen LogP contribution in [-0.4, -0.2) is 22.5 Å². The highest BCUT2D eigenvalue weighted by Gasteiger charge is 2.18. The summed E-state index contributed by atoms with van der Waals surface area (Å²) in [6.45, 7) is 6.61. The lowest BCUT2D eigenvalue weighted by molar-refractivity contribution is -0.116. The van der Waals surface area contributed by atoms with Gasteiger partial charge < -0.3 is 16.2 Å². The molecule has 0 aliphatic carbocycles. The first kappa shape index (κ1) is 15.4. The molecule has 0 aliphatic rings. The zero-order chi connectivity index (χ0) is 14.5. The largest absolute Gasteiger partial charge is 0.504 e. The number of carbonyl (C=O) groups excluding carboxylic acids is 1. The molecule has 1 heterocycles. The Bertz CT molecular complexity index is 444. The molecule has 0 saturated carbocycles. The van der Waals surface area contributed by atoms with Gasteiger partial charge in [-0.25, -0.2) is 4.98 Å². The number of nitrogens with two attached hydrogens (primary N) is 1. The van der Waals surface area contributed by atoms with Crippen LogP contribution in [0, 0.1) is 12.3 Å². The topological polar surface area (TPSA) is 88.2 Å². The highest BCUT2D eigenvalue weighted by molar-refractivity contribution is 5.91. The SMILES string of the molecule is Cc1ccc(O)c(NC(=O)CCC(C)(C)CCN)n1. The van der Waals surface area contributed by atoms with E-state index >= 15 is 0 Å². The molecule has 5 heteroatoms. The van der Waals surface area contributed by atoms with Crippen molar-refractivity contribution in [2.75, 3.05) is 11.9 Å². The summed E-state index contributed by atoms with van der Waals surface area (Å²) in [6, 6.07) is 3.21. The minimum atomic E-state index is -0.140. The van der Waals surface area contributed by atoms with Gasteiger partial charge in [-0.15, -0.1) is 0 Å². The van der Waals surface area contributed by atoms with Gasteiger partial charge in [0, 0.05) is 12.1 Å². The summed E-state index contributed by atoms with van der Waals surface area (Å²) < 4.78 is 0. The molecular formula is C14H23N3O2. The zero-order valence-corrected chi connectivity index (χ0v) is 11.9. The van der Waals surface area contributed by atoms with Crippen LogP contribution in [0.1, 0.15) is 38.8 Å². The van der Waals surface area contributed by atoms with Gasteiger partial charge in [0.05, 0.1) is 0 Å². The van der Waals surface area contributed by atoms with E-state index in [0.29, 0.717) is 13.0 Å². The summed E-state index contributed by atoms with van der Waals surface area (Å²) in [7, 11) is 0. The zero-order valence-electron chi connectivity index (χ0n) is 11.9. The van der Waals surface area contributed by atoms with E-state index in [0.717, 1.165) is 18.5 Å². The Hall–Kier alpha value is -1.62. The number of nitrogens with one attached hydrogen (secondary N) is 1. The number of hydrogen-bond acceptors (Lipinski definition) is 4. The van der Waals surface area contributed by atoms with Crippen LogP contribution in [0.15, 0.2) is 12.1 Å². The van der Waals surface area contributed by atoms with Crippen molar-refractivity contribution in [1.29, 1.82) is 0 Å². The molecule has 0 aromatic carbocycles. The Morgan fingerprint density at radius 3 is 2.74 bits per heavy atom. The number of aromatic nitrogens is 1. The van der Waals surface area contributed by atoms with E-state index in [1.165, 1.54) is 6.07 Å². The van der Waals surface area contributed by atoms with Gasteiger partial charge in [0.2, 0.25) is 5.91 Å². The minimum Gasteiger partial charge on any atom is -0.504 e. The van der Waals surface area contributed by atoms with Gasteiger partial charge in [-0.2, -0.15) is 0 Å². The number of aromatic hydroxyl groups is 1. The molecule has 4 N–H and O–H groups in total. The van der Waals surface area contributed by atoms with E-state index in [9.17, 15) is 9.90 Å². The molecular weight excluding hydrogens is 242 g/mol. The maximum absolute atomic E-state index is 11.8. The van der Waals surface area contributed by atoms with Crippen molar-refractivity contribution in [2.24, 2.45) is 11.1 Å². The molecule has 1 rings (SSSR count). The number of rotatable bonds is 6. The summed E-state index contributed by atoms with van der Waals surface area (Å²) in [6.07, 6.45) is 2.03. The van der Waals surface area contributed by atoms with Gasteiger partial charge in [0.1, 0.15) is 0 Å². The predicted octanol–water partition coefficient (Wildman–Crippen LogP) is 2.19. The number of nitrogens with zero attached hydrogens (tertiary/aromatic N) is 1. The van der Waals surface area contributed by atoms with Gasteiger partial charge in [0.15, 0.2) is 11.6 Å². The summed E-state index contributed by atoms with van der Waals surface area (Å²) in [5.74, 6) is 0.0697. The van der Waals surface area contributed by atoms with Crippen LogP contribution in [0.5, 0.6) is 5.75 Å². The fourth-order valence-electron chi connectivity index (χ4n) is 1.80. The number of carbonyl (C=O) groups is 1. The Kier molecular flexibility index (Phi) is 5.30. The molecule has 0 atom stereocenters. The third-order valence-electron chi connectivity index (χ3n) is 3.12. The first-order chi connectivity index (χ1) is 8.84. The molecule has 106 valence electrons. The Labute approximate surface area is 114 Å². The summed E-state index contributed by atoms with van der Waals surface area (Å²) in [4.78, 5) is 15.9. The minimum absolute atomic E-state index is 0.0137. The van der Waals surface area contributed by atoms with Crippen LogP contribution >= 0.6 is 0 Å². The van der Waals surface area contributed by atoms with Crippen LogP contribution in [-0.2, 0) is 4.79 Å². The molecule has 19 heavy (non-hydrogen) atoms. The number of pyridine rings is 1. The monoisotopic (exact) mass is 265 g/mol. The fraction of sp³-hybridized carbons (Fsp3) is 0.571. The van der Waals surface area contributed by atoms with Crippen molar-refractivity contribution in [1.82, 2.24) is 4.98 Å². The van der Waals surface area contributed by atoms with Gasteiger partial charge in [0.25, 0.3) is 0 Å². The Morgan fingerprint density at radius 2 is 2.11 bits per heavy atom. The lowest BCUT2D eigenvalue weighted by Crippen LogP contribution is -2.21. The average Bonchev–Trinajstić information content (AvgIpc) is 2.31. The molecule has 0 bridgehead atoms. The molecule has 0 saturated heterocycles. The van der Waals surface area contributed by atoms with E-state index in [2.05, 4.69) is 24.1 Å². The van der Waals surface area contributed by atoms with Crippen molar-refractivity contribution in [3.63, 3.8) is 0 Å². The normalized spacial score (nSPS) is 11.4. The van der Waals surface area contributed by atoms with E-state index in [1.54, 1.807) is 13.0 Å². The van der Waals surface area contributed by atoms with Crippen molar-refractivity contribution in [3.8, 4) is 5.75 Å². The quantitative estimate of drug-likeness (QED) is 0.735. The van der Waals surface area contributed by atoms with E-state index in [-0.39, 0.29) is 22.9 Å². The first-order valence-electron chi connectivity index (χ1n) is 6.50.